The molecule has 0 aromatic heterocycles. The quantitative estimate of drug-likeness (QED) is 0.839. The van der Waals surface area contributed by atoms with E-state index in [1.54, 1.807) is 30.3 Å². The van der Waals surface area contributed by atoms with Crippen LogP contribution in [0.3, 0.4) is 0 Å². The molecule has 1 atom stereocenters. The van der Waals surface area contributed by atoms with Gasteiger partial charge in [-0.3, -0.25) is 4.79 Å². The molecule has 3 rings (SSSR count). The van der Waals surface area contributed by atoms with Crippen LogP contribution < -0.4 is 4.74 Å². The zero-order chi connectivity index (χ0) is 15.0. The predicted octanol–water partition coefficient (Wildman–Crippen LogP) is 3.83. The Hall–Kier alpha value is -2.23. The Balaban J connectivity index is 2.13. The molecule has 2 aromatic rings. The van der Waals surface area contributed by atoms with Gasteiger partial charge >= 0.3 is 0 Å². The van der Waals surface area contributed by atoms with Crippen molar-refractivity contribution < 1.29 is 18.3 Å². The number of carbonyl (C=O) groups is 1. The first kappa shape index (κ1) is 13.7. The van der Waals surface area contributed by atoms with E-state index in [0.717, 1.165) is 6.07 Å². The highest BCUT2D eigenvalue weighted by Gasteiger charge is 2.46. The van der Waals surface area contributed by atoms with Crippen molar-refractivity contribution in [2.24, 2.45) is 0 Å². The van der Waals surface area contributed by atoms with Crippen molar-refractivity contribution in [3.05, 3.63) is 65.0 Å². The first-order valence-corrected chi connectivity index (χ1v) is 6.72. The molecular weight excluding hydrogens is 274 g/mol. The molecule has 0 saturated carbocycles. The van der Waals surface area contributed by atoms with Crippen LogP contribution in [0.1, 0.15) is 27.9 Å². The van der Waals surface area contributed by atoms with Crippen molar-refractivity contribution in [1.82, 2.24) is 0 Å². The zero-order valence-corrected chi connectivity index (χ0v) is 11.5. The normalized spacial score (nSPS) is 21.0. The second-order valence-corrected chi connectivity index (χ2v) is 5.13. The van der Waals surface area contributed by atoms with Crippen LogP contribution in [0, 0.1) is 5.82 Å². The summed E-state index contributed by atoms with van der Waals surface area (Å²) in [7, 11) is 1.43. The maximum atomic E-state index is 15.4. The van der Waals surface area contributed by atoms with Crippen LogP contribution in [-0.2, 0) is 12.1 Å². The maximum Gasteiger partial charge on any atom is 0.205 e. The maximum absolute atomic E-state index is 15.4. The minimum atomic E-state index is -2.17. The summed E-state index contributed by atoms with van der Waals surface area (Å²) in [5, 5.41) is 0. The summed E-state index contributed by atoms with van der Waals surface area (Å²) in [6.07, 6.45) is 0.417. The SMILES string of the molecule is COc1ccccc1[C@]1(F)CCc2ccc(F)cc2C1=O. The van der Waals surface area contributed by atoms with E-state index in [-0.39, 0.29) is 17.5 Å². The monoisotopic (exact) mass is 288 g/mol. The van der Waals surface area contributed by atoms with E-state index in [1.807, 2.05) is 0 Å². The fourth-order valence-corrected chi connectivity index (χ4v) is 2.84. The van der Waals surface area contributed by atoms with Crippen molar-refractivity contribution in [3.63, 3.8) is 0 Å². The van der Waals surface area contributed by atoms with Crippen molar-refractivity contribution in [2.45, 2.75) is 18.5 Å². The second kappa shape index (κ2) is 4.95. The van der Waals surface area contributed by atoms with Gasteiger partial charge in [-0.15, -0.1) is 0 Å². The van der Waals surface area contributed by atoms with Crippen molar-refractivity contribution in [2.75, 3.05) is 7.11 Å². The molecule has 0 radical (unpaired) electrons. The number of aryl methyl sites for hydroxylation is 1. The van der Waals surface area contributed by atoms with Crippen LogP contribution in [0.25, 0.3) is 0 Å². The number of benzene rings is 2. The smallest absolute Gasteiger partial charge is 0.205 e. The van der Waals surface area contributed by atoms with E-state index in [1.165, 1.54) is 13.2 Å². The van der Waals surface area contributed by atoms with Crippen LogP contribution in [0.15, 0.2) is 42.5 Å². The van der Waals surface area contributed by atoms with E-state index in [4.69, 9.17) is 4.74 Å². The summed E-state index contributed by atoms with van der Waals surface area (Å²) in [6, 6.07) is 10.5. The molecular formula is C17H14F2O2. The number of ether oxygens (including phenoxy) is 1. The Kier molecular flexibility index (Phi) is 3.24. The molecule has 2 aromatic carbocycles. The van der Waals surface area contributed by atoms with Crippen LogP contribution in [-0.4, -0.2) is 12.9 Å². The second-order valence-electron chi connectivity index (χ2n) is 5.13. The van der Waals surface area contributed by atoms with Crippen LogP contribution in [0.4, 0.5) is 8.78 Å². The lowest BCUT2D eigenvalue weighted by Crippen LogP contribution is -2.36. The Labute approximate surface area is 121 Å². The molecule has 0 fully saturated rings. The number of ketones is 1. The fourth-order valence-electron chi connectivity index (χ4n) is 2.84. The zero-order valence-electron chi connectivity index (χ0n) is 11.5. The Bertz CT molecular complexity index is 712. The van der Waals surface area contributed by atoms with Gasteiger partial charge in [0.2, 0.25) is 11.5 Å². The number of hydrogen-bond donors (Lipinski definition) is 0. The Morgan fingerprint density at radius 3 is 2.71 bits per heavy atom. The molecule has 2 nitrogen and oxygen atoms in total. The van der Waals surface area contributed by atoms with Crippen LogP contribution in [0.2, 0.25) is 0 Å². The number of hydrogen-bond acceptors (Lipinski definition) is 2. The summed E-state index contributed by atoms with van der Waals surface area (Å²) >= 11 is 0. The summed E-state index contributed by atoms with van der Waals surface area (Å²) in [5.74, 6) is -0.910. The molecule has 1 aliphatic carbocycles. The van der Waals surface area contributed by atoms with Gasteiger partial charge in [0.1, 0.15) is 11.6 Å². The third kappa shape index (κ3) is 2.11. The summed E-state index contributed by atoms with van der Waals surface area (Å²) in [5.41, 5.74) is -1.17. The highest BCUT2D eigenvalue weighted by atomic mass is 19.1. The average Bonchev–Trinajstić information content (AvgIpc) is 2.51. The average molecular weight is 288 g/mol. The minimum Gasteiger partial charge on any atom is -0.496 e. The lowest BCUT2D eigenvalue weighted by Gasteiger charge is -2.31. The van der Waals surface area contributed by atoms with E-state index < -0.39 is 17.3 Å². The van der Waals surface area contributed by atoms with Crippen molar-refractivity contribution in [1.29, 1.82) is 0 Å². The lowest BCUT2D eigenvalue weighted by molar-refractivity contribution is 0.0622. The molecule has 0 spiro atoms. The highest BCUT2D eigenvalue weighted by molar-refractivity contribution is 6.05. The van der Waals surface area contributed by atoms with Crippen LogP contribution in [0.5, 0.6) is 5.75 Å². The molecule has 0 unspecified atom stereocenters. The predicted molar refractivity (Wildman–Crippen MR) is 74.8 cm³/mol. The molecule has 108 valence electrons. The summed E-state index contributed by atoms with van der Waals surface area (Å²) in [6.45, 7) is 0. The van der Waals surface area contributed by atoms with Gasteiger partial charge in [0.25, 0.3) is 0 Å². The molecule has 0 saturated heterocycles. The van der Waals surface area contributed by atoms with Gasteiger partial charge in [-0.2, -0.15) is 0 Å². The van der Waals surface area contributed by atoms with Crippen LogP contribution >= 0.6 is 0 Å². The number of Topliss-reactive ketones (excluding diaryl/α,β-unsaturated/α-hetero) is 1. The van der Waals surface area contributed by atoms with E-state index >= 15 is 4.39 Å². The van der Waals surface area contributed by atoms with Gasteiger partial charge in [0.15, 0.2) is 0 Å². The summed E-state index contributed by atoms with van der Waals surface area (Å²) in [4.78, 5) is 12.6. The van der Waals surface area contributed by atoms with Gasteiger partial charge in [0, 0.05) is 11.1 Å². The number of methoxy groups -OCH3 is 1. The molecule has 0 bridgehead atoms. The molecule has 21 heavy (non-hydrogen) atoms. The molecule has 0 N–H and O–H groups in total. The number of carbonyl (C=O) groups excluding carboxylic acids is 1. The fraction of sp³-hybridized carbons (Fsp3) is 0.235. The van der Waals surface area contributed by atoms with Gasteiger partial charge in [-0.05, 0) is 36.6 Å². The Morgan fingerprint density at radius 1 is 1.19 bits per heavy atom. The number of rotatable bonds is 2. The van der Waals surface area contributed by atoms with Gasteiger partial charge < -0.3 is 4.74 Å². The van der Waals surface area contributed by atoms with Crippen molar-refractivity contribution in [3.8, 4) is 5.75 Å². The molecule has 0 heterocycles. The number of alkyl halides is 1. The lowest BCUT2D eigenvalue weighted by atomic mass is 9.76. The van der Waals surface area contributed by atoms with Gasteiger partial charge in [-0.25, -0.2) is 8.78 Å². The third-order valence-electron chi connectivity index (χ3n) is 3.95. The first-order chi connectivity index (χ1) is 10.1. The number of fused-ring (bicyclic) bond motifs is 1. The number of halogens is 2. The molecule has 0 amide bonds. The van der Waals surface area contributed by atoms with E-state index in [2.05, 4.69) is 0 Å². The third-order valence-corrected chi connectivity index (χ3v) is 3.95. The molecule has 0 aliphatic heterocycles. The minimum absolute atomic E-state index is 0.0326. The van der Waals surface area contributed by atoms with Gasteiger partial charge in [-0.1, -0.05) is 24.3 Å². The summed E-state index contributed by atoms with van der Waals surface area (Å²) < 4.78 is 33.9. The topological polar surface area (TPSA) is 26.3 Å². The molecule has 4 heteroatoms. The molecule has 1 aliphatic rings. The highest BCUT2D eigenvalue weighted by Crippen LogP contribution is 2.43. The standard InChI is InChI=1S/C17H14F2O2/c1-21-15-5-3-2-4-14(15)17(19)9-8-11-6-7-12(18)10-13(11)16(17)20/h2-7,10H,8-9H2,1H3/t17-/m1/s1. The van der Waals surface area contributed by atoms with E-state index in [0.29, 0.717) is 17.7 Å². The Morgan fingerprint density at radius 2 is 1.95 bits per heavy atom. The van der Waals surface area contributed by atoms with E-state index in [9.17, 15) is 9.18 Å². The number of para-hydroxylation sites is 1. The largest absolute Gasteiger partial charge is 0.496 e. The first-order valence-electron chi connectivity index (χ1n) is 6.72. The van der Waals surface area contributed by atoms with Gasteiger partial charge in [0.05, 0.1) is 7.11 Å². The van der Waals surface area contributed by atoms with Crippen molar-refractivity contribution >= 4 is 5.78 Å².